The summed E-state index contributed by atoms with van der Waals surface area (Å²) >= 11 is 0. The molecular weight excluding hydrogens is 197 g/mol. The van der Waals surface area contributed by atoms with Gasteiger partial charge in [-0.2, -0.15) is 0 Å². The van der Waals surface area contributed by atoms with E-state index in [4.69, 9.17) is 5.11 Å². The largest absolute Gasteiger partial charge is 0.481 e. The Morgan fingerprint density at radius 3 is 2.53 bits per heavy atom. The third-order valence-electron chi connectivity index (χ3n) is 2.24. The lowest BCUT2D eigenvalue weighted by molar-refractivity contribution is -0.141. The number of rotatable bonds is 5. The van der Waals surface area contributed by atoms with Crippen LogP contribution in [0.1, 0.15) is 13.3 Å². The fourth-order valence-corrected chi connectivity index (χ4v) is 1.22. The third-order valence-corrected chi connectivity index (χ3v) is 2.24. The molecule has 0 bridgehead atoms. The lowest BCUT2D eigenvalue weighted by Crippen LogP contribution is -2.21. The molecule has 0 aliphatic rings. The molecule has 0 saturated carbocycles. The van der Waals surface area contributed by atoms with Gasteiger partial charge in [0.05, 0.1) is 5.92 Å². The molecule has 0 aliphatic heterocycles. The second kappa shape index (κ2) is 5.34. The third kappa shape index (κ3) is 3.58. The van der Waals surface area contributed by atoms with Crippen molar-refractivity contribution in [1.29, 1.82) is 0 Å². The zero-order chi connectivity index (χ0) is 11.3. The van der Waals surface area contributed by atoms with E-state index < -0.39 is 11.9 Å². The van der Waals surface area contributed by atoms with E-state index in [-0.39, 0.29) is 5.82 Å². The highest BCUT2D eigenvalue weighted by Gasteiger charge is 2.13. The van der Waals surface area contributed by atoms with Gasteiger partial charge in [-0.05, 0) is 30.7 Å². The molecule has 1 rings (SSSR count). The fourth-order valence-electron chi connectivity index (χ4n) is 1.22. The number of halogens is 1. The van der Waals surface area contributed by atoms with Gasteiger partial charge in [-0.3, -0.25) is 4.79 Å². The van der Waals surface area contributed by atoms with E-state index in [1.807, 2.05) is 6.92 Å². The molecule has 15 heavy (non-hydrogen) atoms. The van der Waals surface area contributed by atoms with Crippen molar-refractivity contribution in [3.63, 3.8) is 0 Å². The predicted molar refractivity (Wildman–Crippen MR) is 56.3 cm³/mol. The van der Waals surface area contributed by atoms with Crippen LogP contribution in [-0.4, -0.2) is 17.6 Å². The highest BCUT2D eigenvalue weighted by atomic mass is 19.1. The molecule has 1 aromatic carbocycles. The van der Waals surface area contributed by atoms with E-state index >= 15 is 0 Å². The van der Waals surface area contributed by atoms with Crippen molar-refractivity contribution in [2.45, 2.75) is 13.3 Å². The van der Waals surface area contributed by atoms with E-state index in [1.165, 1.54) is 12.1 Å². The standard InChI is InChI=1S/C11H14FNO2/c1-2-8(11(14)15)7-13-10-5-3-9(12)4-6-10/h3-6,8,13H,2,7H2,1H3,(H,14,15). The van der Waals surface area contributed by atoms with Crippen LogP contribution < -0.4 is 5.32 Å². The molecule has 1 unspecified atom stereocenters. The molecule has 3 nitrogen and oxygen atoms in total. The van der Waals surface area contributed by atoms with E-state index in [1.54, 1.807) is 12.1 Å². The van der Waals surface area contributed by atoms with Crippen molar-refractivity contribution in [3.8, 4) is 0 Å². The first-order valence-corrected chi connectivity index (χ1v) is 4.85. The van der Waals surface area contributed by atoms with Gasteiger partial charge >= 0.3 is 5.97 Å². The van der Waals surface area contributed by atoms with E-state index in [0.29, 0.717) is 13.0 Å². The normalized spacial score (nSPS) is 12.1. The number of carbonyl (C=O) groups is 1. The topological polar surface area (TPSA) is 49.3 Å². The molecule has 0 heterocycles. The molecule has 82 valence electrons. The summed E-state index contributed by atoms with van der Waals surface area (Å²) in [5.41, 5.74) is 0.733. The number of aliphatic carboxylic acids is 1. The minimum atomic E-state index is -0.813. The Kier molecular flexibility index (Phi) is 4.09. The second-order valence-electron chi connectivity index (χ2n) is 3.33. The fraction of sp³-hybridized carbons (Fsp3) is 0.364. The van der Waals surface area contributed by atoms with Crippen molar-refractivity contribution >= 4 is 11.7 Å². The number of nitrogens with one attached hydrogen (secondary N) is 1. The van der Waals surface area contributed by atoms with Gasteiger partial charge in [-0.25, -0.2) is 4.39 Å². The number of anilines is 1. The number of hydrogen-bond donors (Lipinski definition) is 2. The first-order chi connectivity index (χ1) is 7.13. The Balaban J connectivity index is 2.49. The van der Waals surface area contributed by atoms with E-state index in [0.717, 1.165) is 5.69 Å². The number of carboxylic acids is 1. The van der Waals surface area contributed by atoms with Crippen LogP contribution in [0.5, 0.6) is 0 Å². The minimum absolute atomic E-state index is 0.300. The van der Waals surface area contributed by atoms with E-state index in [9.17, 15) is 9.18 Å². The molecule has 0 amide bonds. The summed E-state index contributed by atoms with van der Waals surface area (Å²) in [6, 6.07) is 5.85. The van der Waals surface area contributed by atoms with Crippen molar-refractivity contribution in [2.24, 2.45) is 5.92 Å². The van der Waals surface area contributed by atoms with Crippen LogP contribution in [0.3, 0.4) is 0 Å². The molecule has 1 aromatic rings. The van der Waals surface area contributed by atoms with Gasteiger partial charge in [0, 0.05) is 12.2 Å². The lowest BCUT2D eigenvalue weighted by atomic mass is 10.1. The van der Waals surface area contributed by atoms with Crippen LogP contribution >= 0.6 is 0 Å². The molecule has 0 aliphatic carbocycles. The van der Waals surface area contributed by atoms with Gasteiger partial charge in [0.1, 0.15) is 5.82 Å². The Labute approximate surface area is 87.9 Å². The first-order valence-electron chi connectivity index (χ1n) is 4.85. The Morgan fingerprint density at radius 2 is 2.07 bits per heavy atom. The smallest absolute Gasteiger partial charge is 0.308 e. The number of carboxylic acid groups (broad SMARTS) is 1. The molecule has 0 spiro atoms. The summed E-state index contributed by atoms with van der Waals surface area (Å²) in [6.45, 7) is 2.18. The van der Waals surface area contributed by atoms with Crippen molar-refractivity contribution in [3.05, 3.63) is 30.1 Å². The average Bonchev–Trinajstić information content (AvgIpc) is 2.21. The van der Waals surface area contributed by atoms with Gasteiger partial charge in [0.25, 0.3) is 0 Å². The van der Waals surface area contributed by atoms with Crippen LogP contribution in [0, 0.1) is 11.7 Å². The van der Waals surface area contributed by atoms with Crippen LogP contribution in [-0.2, 0) is 4.79 Å². The average molecular weight is 211 g/mol. The highest BCUT2D eigenvalue weighted by Crippen LogP contribution is 2.10. The summed E-state index contributed by atoms with van der Waals surface area (Å²) < 4.78 is 12.6. The summed E-state index contributed by atoms with van der Waals surface area (Å²) in [5.74, 6) is -1.52. The zero-order valence-corrected chi connectivity index (χ0v) is 8.53. The SMILES string of the molecule is CCC(CNc1ccc(F)cc1)C(=O)O. The predicted octanol–water partition coefficient (Wildman–Crippen LogP) is 2.35. The summed E-state index contributed by atoms with van der Waals surface area (Å²) in [7, 11) is 0. The first kappa shape index (κ1) is 11.5. The number of hydrogen-bond acceptors (Lipinski definition) is 2. The van der Waals surface area contributed by atoms with Gasteiger partial charge in [0.15, 0.2) is 0 Å². The summed E-state index contributed by atoms with van der Waals surface area (Å²) in [5, 5.41) is 11.8. The second-order valence-corrected chi connectivity index (χ2v) is 3.33. The molecule has 0 saturated heterocycles. The Morgan fingerprint density at radius 1 is 1.47 bits per heavy atom. The Hall–Kier alpha value is -1.58. The molecular formula is C11H14FNO2. The van der Waals surface area contributed by atoms with Gasteiger partial charge in [-0.1, -0.05) is 6.92 Å². The quantitative estimate of drug-likeness (QED) is 0.786. The monoisotopic (exact) mass is 211 g/mol. The molecule has 0 fully saturated rings. The number of benzene rings is 1. The van der Waals surface area contributed by atoms with Gasteiger partial charge in [-0.15, -0.1) is 0 Å². The molecule has 0 radical (unpaired) electrons. The summed E-state index contributed by atoms with van der Waals surface area (Å²) in [4.78, 5) is 10.7. The summed E-state index contributed by atoms with van der Waals surface area (Å²) in [6.07, 6.45) is 0.573. The van der Waals surface area contributed by atoms with Crippen molar-refractivity contribution < 1.29 is 14.3 Å². The van der Waals surface area contributed by atoms with Crippen LogP contribution in [0.2, 0.25) is 0 Å². The minimum Gasteiger partial charge on any atom is -0.481 e. The molecule has 2 N–H and O–H groups in total. The molecule has 1 atom stereocenters. The van der Waals surface area contributed by atoms with Crippen LogP contribution in [0.4, 0.5) is 10.1 Å². The lowest BCUT2D eigenvalue weighted by Gasteiger charge is -2.11. The highest BCUT2D eigenvalue weighted by molar-refractivity contribution is 5.70. The van der Waals surface area contributed by atoms with Crippen LogP contribution in [0.15, 0.2) is 24.3 Å². The Bertz CT molecular complexity index is 324. The van der Waals surface area contributed by atoms with Crippen LogP contribution in [0.25, 0.3) is 0 Å². The van der Waals surface area contributed by atoms with Crippen molar-refractivity contribution in [1.82, 2.24) is 0 Å². The molecule has 0 aromatic heterocycles. The molecule has 4 heteroatoms. The zero-order valence-electron chi connectivity index (χ0n) is 8.53. The van der Waals surface area contributed by atoms with Crippen molar-refractivity contribution in [2.75, 3.05) is 11.9 Å². The van der Waals surface area contributed by atoms with Gasteiger partial charge in [0.2, 0.25) is 0 Å². The maximum absolute atomic E-state index is 12.6. The maximum Gasteiger partial charge on any atom is 0.308 e. The van der Waals surface area contributed by atoms with Gasteiger partial charge < -0.3 is 10.4 Å². The maximum atomic E-state index is 12.6. The van der Waals surface area contributed by atoms with E-state index in [2.05, 4.69) is 5.32 Å².